The average molecular weight is 405 g/mol. The highest BCUT2D eigenvalue weighted by Gasteiger charge is 2.25. The molecular formula is C22H29ClN2O3. The molecule has 2 aromatic carbocycles. The molecule has 5 nitrogen and oxygen atoms in total. The molecular weight excluding hydrogens is 376 g/mol. The van der Waals surface area contributed by atoms with Crippen LogP contribution in [0.3, 0.4) is 0 Å². The van der Waals surface area contributed by atoms with Crippen molar-refractivity contribution in [3.8, 4) is 11.5 Å². The third-order valence-electron chi connectivity index (χ3n) is 4.99. The summed E-state index contributed by atoms with van der Waals surface area (Å²) in [6, 6.07) is 17.5. The summed E-state index contributed by atoms with van der Waals surface area (Å²) < 4.78 is 11.4. The van der Waals surface area contributed by atoms with Gasteiger partial charge in [-0.05, 0) is 55.5 Å². The van der Waals surface area contributed by atoms with Crippen molar-refractivity contribution in [3.05, 3.63) is 60.2 Å². The van der Waals surface area contributed by atoms with E-state index in [4.69, 9.17) is 15.2 Å². The molecule has 2 aromatic rings. The van der Waals surface area contributed by atoms with Gasteiger partial charge in [-0.15, -0.1) is 12.4 Å². The van der Waals surface area contributed by atoms with Gasteiger partial charge in [-0.25, -0.2) is 0 Å². The first-order valence-corrected chi connectivity index (χ1v) is 9.55. The Morgan fingerprint density at radius 3 is 2.39 bits per heavy atom. The molecule has 152 valence electrons. The predicted molar refractivity (Wildman–Crippen MR) is 113 cm³/mol. The van der Waals surface area contributed by atoms with Gasteiger partial charge in [0.1, 0.15) is 18.1 Å². The fourth-order valence-electron chi connectivity index (χ4n) is 3.28. The molecule has 1 heterocycles. The molecule has 0 spiro atoms. The Morgan fingerprint density at radius 2 is 1.75 bits per heavy atom. The lowest BCUT2D eigenvalue weighted by atomic mass is 9.92. The Kier molecular flexibility index (Phi) is 8.61. The van der Waals surface area contributed by atoms with Crippen molar-refractivity contribution in [2.45, 2.75) is 32.4 Å². The summed E-state index contributed by atoms with van der Waals surface area (Å²) in [7, 11) is 0. The van der Waals surface area contributed by atoms with Gasteiger partial charge in [-0.2, -0.15) is 0 Å². The van der Waals surface area contributed by atoms with Crippen LogP contribution in [-0.4, -0.2) is 36.5 Å². The second-order valence-corrected chi connectivity index (χ2v) is 7.14. The molecule has 1 amide bonds. The van der Waals surface area contributed by atoms with E-state index in [1.54, 1.807) is 0 Å². The molecule has 0 radical (unpaired) electrons. The van der Waals surface area contributed by atoms with Gasteiger partial charge in [0, 0.05) is 19.1 Å². The first-order chi connectivity index (χ1) is 13.1. The van der Waals surface area contributed by atoms with Gasteiger partial charge in [-0.1, -0.05) is 30.3 Å². The number of benzene rings is 2. The van der Waals surface area contributed by atoms with Gasteiger partial charge in [0.15, 0.2) is 6.61 Å². The maximum Gasteiger partial charge on any atom is 0.260 e. The second-order valence-electron chi connectivity index (χ2n) is 7.14. The highest BCUT2D eigenvalue weighted by Crippen LogP contribution is 2.21. The normalized spacial score (nSPS) is 17.4. The van der Waals surface area contributed by atoms with Gasteiger partial charge in [0.25, 0.3) is 5.91 Å². The van der Waals surface area contributed by atoms with E-state index in [-0.39, 0.29) is 31.0 Å². The molecule has 0 aromatic heterocycles. The van der Waals surface area contributed by atoms with E-state index >= 15 is 0 Å². The molecule has 0 aliphatic carbocycles. The summed E-state index contributed by atoms with van der Waals surface area (Å²) in [6.45, 7) is 4.10. The fourth-order valence-corrected chi connectivity index (χ4v) is 3.28. The van der Waals surface area contributed by atoms with Crippen LogP contribution in [-0.2, 0) is 11.4 Å². The summed E-state index contributed by atoms with van der Waals surface area (Å²) in [6.07, 6.45) is 2.10. The molecule has 3 rings (SSSR count). The van der Waals surface area contributed by atoms with Crippen molar-refractivity contribution in [1.82, 2.24) is 4.90 Å². The van der Waals surface area contributed by atoms with Crippen molar-refractivity contribution in [2.75, 3.05) is 19.7 Å². The number of carbonyl (C=O) groups is 1. The third kappa shape index (κ3) is 6.43. The van der Waals surface area contributed by atoms with E-state index in [1.165, 1.54) is 0 Å². The van der Waals surface area contributed by atoms with E-state index in [2.05, 4.69) is 0 Å². The highest BCUT2D eigenvalue weighted by molar-refractivity contribution is 5.85. The van der Waals surface area contributed by atoms with Crippen LogP contribution in [0.2, 0.25) is 0 Å². The van der Waals surface area contributed by atoms with Crippen LogP contribution in [0.15, 0.2) is 54.6 Å². The minimum absolute atomic E-state index is 0. The first-order valence-electron chi connectivity index (χ1n) is 9.55. The molecule has 28 heavy (non-hydrogen) atoms. The first kappa shape index (κ1) is 22.1. The Morgan fingerprint density at radius 1 is 1.11 bits per heavy atom. The van der Waals surface area contributed by atoms with E-state index in [9.17, 15) is 4.79 Å². The molecule has 1 saturated heterocycles. The lowest BCUT2D eigenvalue weighted by Gasteiger charge is -2.34. The Hall–Kier alpha value is -2.24. The van der Waals surface area contributed by atoms with E-state index in [0.717, 1.165) is 37.2 Å². The maximum atomic E-state index is 12.4. The molecule has 0 saturated carbocycles. The number of likely N-dealkylation sites (tertiary alicyclic amines) is 1. The molecule has 1 fully saturated rings. The van der Waals surface area contributed by atoms with Crippen LogP contribution < -0.4 is 15.2 Å². The van der Waals surface area contributed by atoms with Gasteiger partial charge in [0.2, 0.25) is 0 Å². The van der Waals surface area contributed by atoms with E-state index < -0.39 is 0 Å². The van der Waals surface area contributed by atoms with Crippen LogP contribution in [0.5, 0.6) is 11.5 Å². The average Bonchev–Trinajstić information content (AvgIpc) is 2.72. The number of amides is 1. The molecule has 1 aliphatic heterocycles. The number of nitrogens with zero attached hydrogens (tertiary/aromatic N) is 1. The molecule has 0 bridgehead atoms. The molecule has 2 unspecified atom stereocenters. The maximum absolute atomic E-state index is 12.4. The van der Waals surface area contributed by atoms with Gasteiger partial charge >= 0.3 is 0 Å². The smallest absolute Gasteiger partial charge is 0.260 e. The minimum atomic E-state index is 0. The number of hydrogen-bond acceptors (Lipinski definition) is 4. The summed E-state index contributed by atoms with van der Waals surface area (Å²) in [5, 5.41) is 0. The third-order valence-corrected chi connectivity index (χ3v) is 4.99. The Bertz CT molecular complexity index is 722. The molecule has 6 heteroatoms. The largest absolute Gasteiger partial charge is 0.489 e. The van der Waals surface area contributed by atoms with E-state index in [1.807, 2.05) is 66.4 Å². The number of ether oxygens (including phenoxy) is 2. The quantitative estimate of drug-likeness (QED) is 0.764. The predicted octanol–water partition coefficient (Wildman–Crippen LogP) is 3.65. The van der Waals surface area contributed by atoms with Crippen molar-refractivity contribution in [3.63, 3.8) is 0 Å². The number of piperidine rings is 1. The monoisotopic (exact) mass is 404 g/mol. The second kappa shape index (κ2) is 10.9. The van der Waals surface area contributed by atoms with Crippen LogP contribution >= 0.6 is 12.4 Å². The lowest BCUT2D eigenvalue weighted by molar-refractivity contribution is -0.135. The number of carbonyl (C=O) groups excluding carboxylic acids is 1. The zero-order chi connectivity index (χ0) is 19.1. The van der Waals surface area contributed by atoms with Crippen molar-refractivity contribution in [1.29, 1.82) is 0 Å². The number of rotatable bonds is 7. The highest BCUT2D eigenvalue weighted by atomic mass is 35.5. The summed E-state index contributed by atoms with van der Waals surface area (Å²) in [5.41, 5.74) is 7.11. The van der Waals surface area contributed by atoms with Crippen LogP contribution in [0.25, 0.3) is 0 Å². The number of hydrogen-bond donors (Lipinski definition) is 1. The minimum Gasteiger partial charge on any atom is -0.489 e. The molecule has 2 atom stereocenters. The number of halogens is 1. The SMILES string of the molecule is CC(N)C1CCCN(C(=O)COc2ccc(OCc3ccccc3)cc2)C1.Cl. The topological polar surface area (TPSA) is 64.8 Å². The van der Waals surface area contributed by atoms with Gasteiger partial charge in [-0.3, -0.25) is 4.79 Å². The van der Waals surface area contributed by atoms with Crippen LogP contribution in [0, 0.1) is 5.92 Å². The lowest BCUT2D eigenvalue weighted by Crippen LogP contribution is -2.46. The van der Waals surface area contributed by atoms with Crippen LogP contribution in [0.1, 0.15) is 25.3 Å². The Balaban J connectivity index is 0.00000280. The van der Waals surface area contributed by atoms with Crippen LogP contribution in [0.4, 0.5) is 0 Å². The van der Waals surface area contributed by atoms with Gasteiger partial charge < -0.3 is 20.1 Å². The summed E-state index contributed by atoms with van der Waals surface area (Å²) >= 11 is 0. The van der Waals surface area contributed by atoms with Gasteiger partial charge in [0.05, 0.1) is 0 Å². The van der Waals surface area contributed by atoms with Crippen molar-refractivity contribution >= 4 is 18.3 Å². The summed E-state index contributed by atoms with van der Waals surface area (Å²) in [4.78, 5) is 14.3. The zero-order valence-electron chi connectivity index (χ0n) is 16.3. The molecule has 2 N–H and O–H groups in total. The Labute approximate surface area is 173 Å². The number of nitrogens with two attached hydrogens (primary N) is 1. The molecule has 1 aliphatic rings. The fraction of sp³-hybridized carbons (Fsp3) is 0.409. The standard InChI is InChI=1S/C22H28N2O3.ClH/c1-17(23)19-8-5-13-24(14-19)22(25)16-27-21-11-9-20(10-12-21)26-15-18-6-3-2-4-7-18;/h2-4,6-7,9-12,17,19H,5,8,13-16,23H2,1H3;1H. The zero-order valence-corrected chi connectivity index (χ0v) is 17.1. The van der Waals surface area contributed by atoms with Crippen molar-refractivity contribution < 1.29 is 14.3 Å². The summed E-state index contributed by atoms with van der Waals surface area (Å²) in [5.74, 6) is 1.83. The van der Waals surface area contributed by atoms with Crippen molar-refractivity contribution in [2.24, 2.45) is 11.7 Å². The van der Waals surface area contributed by atoms with E-state index in [0.29, 0.717) is 18.3 Å².